The van der Waals surface area contributed by atoms with Gasteiger partial charge in [-0.25, -0.2) is 4.39 Å². The molecule has 70 valence electrons. The maximum Gasteiger partial charge on any atom is 0.127 e. The van der Waals surface area contributed by atoms with Gasteiger partial charge in [0.05, 0.1) is 0 Å². The Morgan fingerprint density at radius 1 is 1.46 bits per heavy atom. The van der Waals surface area contributed by atoms with Gasteiger partial charge in [0.2, 0.25) is 0 Å². The maximum absolute atomic E-state index is 13.5. The van der Waals surface area contributed by atoms with Crippen LogP contribution >= 0.6 is 0 Å². The van der Waals surface area contributed by atoms with E-state index in [9.17, 15) is 4.39 Å². The van der Waals surface area contributed by atoms with Crippen LogP contribution in [0.2, 0.25) is 0 Å². The highest BCUT2D eigenvalue weighted by atomic mass is 19.1. The molecule has 0 aromatic heterocycles. The molecule has 0 atom stereocenters. The largest absolute Gasteiger partial charge is 0.330 e. The lowest BCUT2D eigenvalue weighted by molar-refractivity contribution is 0.572. The molecule has 1 saturated carbocycles. The first kappa shape index (κ1) is 8.70. The summed E-state index contributed by atoms with van der Waals surface area (Å²) in [6.45, 7) is 2.46. The minimum atomic E-state index is -0.0945. The van der Waals surface area contributed by atoms with Crippen molar-refractivity contribution >= 4 is 0 Å². The van der Waals surface area contributed by atoms with Gasteiger partial charge in [-0.2, -0.15) is 0 Å². The van der Waals surface area contributed by atoms with Crippen LogP contribution in [0.25, 0.3) is 0 Å². The molecule has 0 aliphatic heterocycles. The van der Waals surface area contributed by atoms with Crippen molar-refractivity contribution in [2.75, 3.05) is 6.54 Å². The summed E-state index contributed by atoms with van der Waals surface area (Å²) in [6.07, 6.45) is 2.06. The summed E-state index contributed by atoms with van der Waals surface area (Å²) in [5, 5.41) is 0. The van der Waals surface area contributed by atoms with Crippen LogP contribution in [0, 0.1) is 12.7 Å². The van der Waals surface area contributed by atoms with E-state index in [1.54, 1.807) is 6.07 Å². The van der Waals surface area contributed by atoms with Gasteiger partial charge in [0.1, 0.15) is 5.82 Å². The van der Waals surface area contributed by atoms with Gasteiger partial charge in [0, 0.05) is 12.0 Å². The molecule has 2 N–H and O–H groups in total. The van der Waals surface area contributed by atoms with E-state index in [2.05, 4.69) is 0 Å². The zero-order valence-corrected chi connectivity index (χ0v) is 7.81. The molecule has 0 spiro atoms. The van der Waals surface area contributed by atoms with E-state index in [0.717, 1.165) is 24.0 Å². The average molecular weight is 179 g/mol. The fourth-order valence-electron chi connectivity index (χ4n) is 1.78. The van der Waals surface area contributed by atoms with Crippen LogP contribution in [0.15, 0.2) is 18.2 Å². The highest BCUT2D eigenvalue weighted by Gasteiger charge is 2.44. The second kappa shape index (κ2) is 2.81. The molecule has 1 aliphatic rings. The zero-order valence-electron chi connectivity index (χ0n) is 7.81. The summed E-state index contributed by atoms with van der Waals surface area (Å²) in [4.78, 5) is 0. The zero-order chi connectivity index (χ0) is 9.47. The predicted molar refractivity (Wildman–Crippen MR) is 51.1 cm³/mol. The van der Waals surface area contributed by atoms with Crippen LogP contribution in [-0.4, -0.2) is 6.54 Å². The Morgan fingerprint density at radius 3 is 2.62 bits per heavy atom. The van der Waals surface area contributed by atoms with Crippen molar-refractivity contribution in [1.29, 1.82) is 0 Å². The van der Waals surface area contributed by atoms with E-state index in [1.165, 1.54) is 0 Å². The number of nitrogens with two attached hydrogens (primary N) is 1. The number of hydrogen-bond acceptors (Lipinski definition) is 1. The van der Waals surface area contributed by atoms with Crippen molar-refractivity contribution < 1.29 is 4.39 Å². The van der Waals surface area contributed by atoms with Crippen LogP contribution in [0.1, 0.15) is 24.0 Å². The molecule has 1 aromatic carbocycles. The fraction of sp³-hybridized carbons (Fsp3) is 0.455. The predicted octanol–water partition coefficient (Wildman–Crippen LogP) is 2.12. The lowest BCUT2D eigenvalue weighted by atomic mass is 9.95. The highest BCUT2D eigenvalue weighted by molar-refractivity contribution is 5.35. The Bertz CT molecular complexity index is 329. The van der Waals surface area contributed by atoms with Crippen LogP contribution in [0.3, 0.4) is 0 Å². The maximum atomic E-state index is 13.5. The number of benzene rings is 1. The normalized spacial score (nSPS) is 18.7. The SMILES string of the molecule is Cc1ccc(C2(CN)CC2)c(F)c1. The lowest BCUT2D eigenvalue weighted by Crippen LogP contribution is -2.21. The summed E-state index contributed by atoms with van der Waals surface area (Å²) >= 11 is 0. The molecule has 0 amide bonds. The molecule has 0 saturated heterocycles. The topological polar surface area (TPSA) is 26.0 Å². The van der Waals surface area contributed by atoms with Gasteiger partial charge in [-0.1, -0.05) is 12.1 Å². The van der Waals surface area contributed by atoms with Crippen molar-refractivity contribution in [2.24, 2.45) is 5.73 Å². The number of aryl methyl sites for hydroxylation is 1. The van der Waals surface area contributed by atoms with E-state index < -0.39 is 0 Å². The molecule has 1 fully saturated rings. The summed E-state index contributed by atoms with van der Waals surface area (Å²) in [5.41, 5.74) is 7.38. The second-order valence-electron chi connectivity index (χ2n) is 3.97. The minimum Gasteiger partial charge on any atom is -0.330 e. The highest BCUT2D eigenvalue weighted by Crippen LogP contribution is 2.48. The van der Waals surface area contributed by atoms with Gasteiger partial charge in [-0.05, 0) is 37.0 Å². The summed E-state index contributed by atoms with van der Waals surface area (Å²) in [7, 11) is 0. The average Bonchev–Trinajstić information content (AvgIpc) is 2.85. The van der Waals surface area contributed by atoms with Gasteiger partial charge in [-0.15, -0.1) is 0 Å². The van der Waals surface area contributed by atoms with E-state index in [4.69, 9.17) is 5.73 Å². The third-order valence-corrected chi connectivity index (χ3v) is 2.94. The third kappa shape index (κ3) is 1.35. The van der Waals surface area contributed by atoms with E-state index in [1.807, 2.05) is 19.1 Å². The quantitative estimate of drug-likeness (QED) is 0.739. The second-order valence-corrected chi connectivity index (χ2v) is 3.97. The van der Waals surface area contributed by atoms with Crippen molar-refractivity contribution in [2.45, 2.75) is 25.2 Å². The van der Waals surface area contributed by atoms with Crippen LogP contribution in [-0.2, 0) is 5.41 Å². The third-order valence-electron chi connectivity index (χ3n) is 2.94. The van der Waals surface area contributed by atoms with Gasteiger partial charge in [0.25, 0.3) is 0 Å². The first-order valence-electron chi connectivity index (χ1n) is 4.65. The standard InChI is InChI=1S/C11H14FN/c1-8-2-3-9(10(12)6-8)11(7-13)4-5-11/h2-3,6H,4-5,7,13H2,1H3. The van der Waals surface area contributed by atoms with E-state index >= 15 is 0 Å². The molecule has 0 heterocycles. The van der Waals surface area contributed by atoms with Crippen LogP contribution < -0.4 is 5.73 Å². The lowest BCUT2D eigenvalue weighted by Gasteiger charge is -2.13. The minimum absolute atomic E-state index is 0.0300. The smallest absolute Gasteiger partial charge is 0.127 e. The Balaban J connectivity index is 2.41. The number of rotatable bonds is 2. The molecule has 0 bridgehead atoms. The van der Waals surface area contributed by atoms with Crippen molar-refractivity contribution in [3.63, 3.8) is 0 Å². The van der Waals surface area contributed by atoms with Gasteiger partial charge in [-0.3, -0.25) is 0 Å². The Hall–Kier alpha value is -0.890. The summed E-state index contributed by atoms with van der Waals surface area (Å²) < 4.78 is 13.5. The molecular formula is C11H14FN. The van der Waals surface area contributed by atoms with Gasteiger partial charge in [0.15, 0.2) is 0 Å². The number of hydrogen-bond donors (Lipinski definition) is 1. The molecule has 1 aromatic rings. The van der Waals surface area contributed by atoms with Crippen molar-refractivity contribution in [3.8, 4) is 0 Å². The monoisotopic (exact) mass is 179 g/mol. The molecule has 1 aliphatic carbocycles. The Morgan fingerprint density at radius 2 is 2.15 bits per heavy atom. The van der Waals surface area contributed by atoms with Gasteiger partial charge >= 0.3 is 0 Å². The van der Waals surface area contributed by atoms with Gasteiger partial charge < -0.3 is 5.73 Å². The molecule has 13 heavy (non-hydrogen) atoms. The Labute approximate surface area is 77.8 Å². The molecule has 2 heteroatoms. The first-order valence-corrected chi connectivity index (χ1v) is 4.65. The van der Waals surface area contributed by atoms with Crippen LogP contribution in [0.4, 0.5) is 4.39 Å². The number of halogens is 1. The van der Waals surface area contributed by atoms with E-state index in [-0.39, 0.29) is 11.2 Å². The molecule has 1 nitrogen and oxygen atoms in total. The summed E-state index contributed by atoms with van der Waals surface area (Å²) in [5.74, 6) is -0.0945. The van der Waals surface area contributed by atoms with E-state index in [0.29, 0.717) is 6.54 Å². The van der Waals surface area contributed by atoms with Crippen LogP contribution in [0.5, 0.6) is 0 Å². The Kier molecular flexibility index (Phi) is 1.88. The fourth-order valence-corrected chi connectivity index (χ4v) is 1.78. The van der Waals surface area contributed by atoms with Crippen molar-refractivity contribution in [3.05, 3.63) is 35.1 Å². The first-order chi connectivity index (χ1) is 6.18. The summed E-state index contributed by atoms with van der Waals surface area (Å²) in [6, 6.07) is 5.42. The molecule has 2 rings (SSSR count). The molecule has 0 radical (unpaired) electrons. The van der Waals surface area contributed by atoms with Crippen molar-refractivity contribution in [1.82, 2.24) is 0 Å². The molecule has 0 unspecified atom stereocenters. The molecular weight excluding hydrogens is 165 g/mol.